The molecule has 0 amide bonds. The van der Waals surface area contributed by atoms with E-state index in [0.717, 1.165) is 4.68 Å². The fourth-order valence-corrected chi connectivity index (χ4v) is 2.00. The van der Waals surface area contributed by atoms with Crippen LogP contribution in [0, 0.1) is 5.82 Å². The number of hydrogen-bond donors (Lipinski definition) is 1. The molecule has 0 saturated carbocycles. The Bertz CT molecular complexity index is 719. The maximum Gasteiger partial charge on any atom is 0.348 e. The van der Waals surface area contributed by atoms with Gasteiger partial charge in [-0.15, -0.1) is 0 Å². The van der Waals surface area contributed by atoms with E-state index in [-0.39, 0.29) is 10.7 Å². The molecule has 0 bridgehead atoms. The van der Waals surface area contributed by atoms with Crippen molar-refractivity contribution < 1.29 is 4.39 Å². The van der Waals surface area contributed by atoms with Crippen molar-refractivity contribution in [3.8, 4) is 11.1 Å². The maximum atomic E-state index is 12.9. The SMILES string of the molecule is CN(C)n1c(=O)[nH]c(Cl)c(-c2ccc(F)cc2)c1=O. The van der Waals surface area contributed by atoms with Crippen LogP contribution in [0.2, 0.25) is 5.15 Å². The molecule has 2 aromatic rings. The van der Waals surface area contributed by atoms with Gasteiger partial charge in [-0.3, -0.25) is 9.78 Å². The Morgan fingerprint density at radius 2 is 1.79 bits per heavy atom. The Morgan fingerprint density at radius 1 is 1.21 bits per heavy atom. The summed E-state index contributed by atoms with van der Waals surface area (Å²) in [5.41, 5.74) is -0.644. The predicted molar refractivity (Wildman–Crippen MR) is 71.8 cm³/mol. The molecule has 0 aliphatic heterocycles. The quantitative estimate of drug-likeness (QED) is 0.843. The van der Waals surface area contributed by atoms with Crippen LogP contribution < -0.4 is 16.3 Å². The zero-order valence-electron chi connectivity index (χ0n) is 10.3. The van der Waals surface area contributed by atoms with E-state index in [1.165, 1.54) is 29.3 Å². The second-order valence-corrected chi connectivity index (χ2v) is 4.47. The lowest BCUT2D eigenvalue weighted by atomic mass is 10.1. The highest BCUT2D eigenvalue weighted by Gasteiger charge is 2.15. The van der Waals surface area contributed by atoms with Gasteiger partial charge in [0.15, 0.2) is 0 Å². The fraction of sp³-hybridized carbons (Fsp3) is 0.167. The summed E-state index contributed by atoms with van der Waals surface area (Å²) < 4.78 is 13.8. The molecule has 0 atom stereocenters. The molecular formula is C12H11ClFN3O2. The van der Waals surface area contributed by atoms with Crippen molar-refractivity contribution in [1.29, 1.82) is 0 Å². The molecule has 1 heterocycles. The van der Waals surface area contributed by atoms with Gasteiger partial charge in [0, 0.05) is 14.1 Å². The molecule has 0 spiro atoms. The average molecular weight is 284 g/mol. The number of nitrogens with one attached hydrogen (secondary N) is 1. The Kier molecular flexibility index (Phi) is 3.44. The van der Waals surface area contributed by atoms with E-state index in [4.69, 9.17) is 11.6 Å². The lowest BCUT2D eigenvalue weighted by Gasteiger charge is -2.15. The highest BCUT2D eigenvalue weighted by Crippen LogP contribution is 2.21. The molecule has 0 radical (unpaired) electrons. The minimum atomic E-state index is -0.633. The fourth-order valence-electron chi connectivity index (χ4n) is 1.73. The molecule has 0 fully saturated rings. The molecule has 1 N–H and O–H groups in total. The molecule has 2 rings (SSSR count). The minimum Gasteiger partial charge on any atom is -0.312 e. The van der Waals surface area contributed by atoms with Crippen LogP contribution in [-0.4, -0.2) is 23.8 Å². The number of H-pyrrole nitrogens is 1. The van der Waals surface area contributed by atoms with Crippen LogP contribution in [0.25, 0.3) is 11.1 Å². The van der Waals surface area contributed by atoms with Gasteiger partial charge < -0.3 is 5.01 Å². The monoisotopic (exact) mass is 283 g/mol. The second kappa shape index (κ2) is 4.89. The van der Waals surface area contributed by atoms with Crippen molar-refractivity contribution in [3.63, 3.8) is 0 Å². The van der Waals surface area contributed by atoms with Crippen LogP contribution in [0.15, 0.2) is 33.9 Å². The number of hydrogen-bond acceptors (Lipinski definition) is 3. The third-order valence-electron chi connectivity index (χ3n) is 2.57. The first-order chi connectivity index (χ1) is 8.91. The summed E-state index contributed by atoms with van der Waals surface area (Å²) in [6.07, 6.45) is 0. The largest absolute Gasteiger partial charge is 0.348 e. The van der Waals surface area contributed by atoms with Crippen molar-refractivity contribution in [2.45, 2.75) is 0 Å². The van der Waals surface area contributed by atoms with Gasteiger partial charge in [-0.1, -0.05) is 23.7 Å². The minimum absolute atomic E-state index is 0.0697. The summed E-state index contributed by atoms with van der Waals surface area (Å²) in [5, 5.41) is 1.27. The summed E-state index contributed by atoms with van der Waals surface area (Å²) in [4.78, 5) is 26.3. The van der Waals surface area contributed by atoms with E-state index in [0.29, 0.717) is 5.56 Å². The zero-order valence-corrected chi connectivity index (χ0v) is 11.0. The lowest BCUT2D eigenvalue weighted by Crippen LogP contribution is -2.47. The molecule has 0 unspecified atom stereocenters. The van der Waals surface area contributed by atoms with Crippen LogP contribution in [0.1, 0.15) is 0 Å². The Hall–Kier alpha value is -2.08. The zero-order chi connectivity index (χ0) is 14.2. The van der Waals surface area contributed by atoms with Gasteiger partial charge in [0.2, 0.25) is 0 Å². The third-order valence-corrected chi connectivity index (χ3v) is 2.85. The van der Waals surface area contributed by atoms with Gasteiger partial charge in [-0.2, -0.15) is 4.68 Å². The van der Waals surface area contributed by atoms with E-state index in [1.807, 2.05) is 0 Å². The molecule has 0 aliphatic carbocycles. The number of aromatic amines is 1. The van der Waals surface area contributed by atoms with Gasteiger partial charge in [0.05, 0.1) is 5.56 Å². The number of aromatic nitrogens is 2. The predicted octanol–water partition coefficient (Wildman–Crippen LogP) is 1.19. The van der Waals surface area contributed by atoms with Gasteiger partial charge in [-0.05, 0) is 17.7 Å². The topological polar surface area (TPSA) is 58.1 Å². The van der Waals surface area contributed by atoms with E-state index >= 15 is 0 Å². The lowest BCUT2D eigenvalue weighted by molar-refractivity contribution is 0.628. The first-order valence-electron chi connectivity index (χ1n) is 5.40. The highest BCUT2D eigenvalue weighted by molar-refractivity contribution is 6.32. The summed E-state index contributed by atoms with van der Waals surface area (Å²) >= 11 is 5.90. The van der Waals surface area contributed by atoms with Crippen molar-refractivity contribution in [2.75, 3.05) is 19.1 Å². The van der Waals surface area contributed by atoms with E-state index < -0.39 is 17.1 Å². The third kappa shape index (κ3) is 2.39. The van der Waals surface area contributed by atoms with Crippen molar-refractivity contribution in [3.05, 3.63) is 56.1 Å². The standard InChI is InChI=1S/C12H11ClFN3O2/c1-16(2)17-11(18)9(10(13)15-12(17)19)7-3-5-8(14)6-4-7/h3-6H,1-2H3,(H,15,19). The number of nitrogens with zero attached hydrogens (tertiary/aromatic N) is 2. The molecule has 100 valence electrons. The first kappa shape index (κ1) is 13.4. The number of halogens is 2. The van der Waals surface area contributed by atoms with Crippen LogP contribution in [0.4, 0.5) is 4.39 Å². The highest BCUT2D eigenvalue weighted by atomic mass is 35.5. The van der Waals surface area contributed by atoms with Gasteiger partial charge in [0.1, 0.15) is 11.0 Å². The van der Waals surface area contributed by atoms with Crippen LogP contribution >= 0.6 is 11.6 Å². The van der Waals surface area contributed by atoms with E-state index in [1.54, 1.807) is 14.1 Å². The summed E-state index contributed by atoms with van der Waals surface area (Å²) in [7, 11) is 3.11. The summed E-state index contributed by atoms with van der Waals surface area (Å²) in [6.45, 7) is 0. The average Bonchev–Trinajstić information content (AvgIpc) is 2.30. The smallest absolute Gasteiger partial charge is 0.312 e. The number of rotatable bonds is 2. The molecule has 0 aliphatic rings. The Balaban J connectivity index is 2.77. The summed E-state index contributed by atoms with van der Waals surface area (Å²) in [6, 6.07) is 5.29. The molecule has 1 aromatic heterocycles. The molecule has 5 nitrogen and oxygen atoms in total. The van der Waals surface area contributed by atoms with E-state index in [2.05, 4.69) is 4.98 Å². The van der Waals surface area contributed by atoms with Crippen molar-refractivity contribution in [1.82, 2.24) is 9.66 Å². The second-order valence-electron chi connectivity index (χ2n) is 4.09. The first-order valence-corrected chi connectivity index (χ1v) is 5.78. The van der Waals surface area contributed by atoms with Crippen LogP contribution in [-0.2, 0) is 0 Å². The molecule has 7 heteroatoms. The van der Waals surface area contributed by atoms with Gasteiger partial charge in [-0.25, -0.2) is 9.18 Å². The number of benzene rings is 1. The Morgan fingerprint density at radius 3 is 2.32 bits per heavy atom. The molecular weight excluding hydrogens is 273 g/mol. The van der Waals surface area contributed by atoms with Crippen molar-refractivity contribution >= 4 is 11.6 Å². The Labute approximate surface area is 112 Å². The van der Waals surface area contributed by atoms with Crippen LogP contribution in [0.5, 0.6) is 0 Å². The van der Waals surface area contributed by atoms with Crippen LogP contribution in [0.3, 0.4) is 0 Å². The summed E-state index contributed by atoms with van der Waals surface area (Å²) in [5.74, 6) is -0.419. The normalized spacial score (nSPS) is 10.5. The van der Waals surface area contributed by atoms with Crippen molar-refractivity contribution in [2.24, 2.45) is 0 Å². The molecule has 1 aromatic carbocycles. The van der Waals surface area contributed by atoms with Gasteiger partial charge in [0.25, 0.3) is 5.56 Å². The molecule has 0 saturated heterocycles. The maximum absolute atomic E-state index is 12.9. The van der Waals surface area contributed by atoms with Gasteiger partial charge >= 0.3 is 5.69 Å². The van der Waals surface area contributed by atoms with E-state index in [9.17, 15) is 14.0 Å². The molecule has 19 heavy (non-hydrogen) atoms.